The Bertz CT molecular complexity index is 932. The maximum absolute atomic E-state index is 3.52. The molecule has 0 radical (unpaired) electrons. The van der Waals surface area contributed by atoms with E-state index < -0.39 is 0 Å². The lowest BCUT2D eigenvalue weighted by Crippen LogP contribution is -1.98. The fraction of sp³-hybridized carbons (Fsp3) is 0.143. The molecule has 0 aromatic heterocycles. The van der Waals surface area contributed by atoms with Gasteiger partial charge in [-0.2, -0.15) is 0 Å². The van der Waals surface area contributed by atoms with Crippen LogP contribution in [0.4, 0.5) is 11.4 Å². The molecule has 0 heterocycles. The zero-order chi connectivity index (χ0) is 20.1. The Hall–Kier alpha value is -3.32. The van der Waals surface area contributed by atoms with Crippen molar-refractivity contribution < 1.29 is 0 Å². The molecule has 4 aromatic rings. The zero-order valence-electron chi connectivity index (χ0n) is 17.0. The van der Waals surface area contributed by atoms with Crippen molar-refractivity contribution in [2.24, 2.45) is 0 Å². The molecule has 4 aromatic carbocycles. The van der Waals surface area contributed by atoms with Gasteiger partial charge in [0.15, 0.2) is 0 Å². The summed E-state index contributed by atoms with van der Waals surface area (Å²) in [6.45, 7) is 4.51. The van der Waals surface area contributed by atoms with Gasteiger partial charge in [0.05, 0.1) is 0 Å². The summed E-state index contributed by atoms with van der Waals surface area (Å²) in [5, 5.41) is 3.52. The second-order valence-electron chi connectivity index (χ2n) is 7.63. The first-order valence-corrected chi connectivity index (χ1v) is 10.3. The molecule has 0 unspecified atom stereocenters. The smallest absolute Gasteiger partial charge is 0.0384 e. The van der Waals surface area contributed by atoms with Crippen LogP contribution < -0.4 is 5.32 Å². The van der Waals surface area contributed by atoms with Gasteiger partial charge in [-0.15, -0.1) is 0 Å². The molecule has 4 rings (SSSR count). The molecule has 0 saturated heterocycles. The molecule has 0 spiro atoms. The summed E-state index contributed by atoms with van der Waals surface area (Å²) in [5.41, 5.74) is 7.56. The fourth-order valence-electron chi connectivity index (χ4n) is 3.75. The molecule has 29 heavy (non-hydrogen) atoms. The Morgan fingerprint density at radius 1 is 0.414 bits per heavy atom. The van der Waals surface area contributed by atoms with E-state index in [0.717, 1.165) is 11.4 Å². The van der Waals surface area contributed by atoms with Gasteiger partial charge in [0.1, 0.15) is 0 Å². The summed E-state index contributed by atoms with van der Waals surface area (Å²) in [6, 6.07) is 38.8. The normalized spacial score (nSPS) is 12.9. The first-order valence-electron chi connectivity index (χ1n) is 10.3. The molecule has 1 N–H and O–H groups in total. The molecular weight excluding hydrogens is 350 g/mol. The summed E-state index contributed by atoms with van der Waals surface area (Å²) in [6.07, 6.45) is 0. The van der Waals surface area contributed by atoms with Crippen molar-refractivity contribution in [2.45, 2.75) is 25.7 Å². The summed E-state index contributed by atoms with van der Waals surface area (Å²) in [5.74, 6) is 0.785. The average molecular weight is 378 g/mol. The van der Waals surface area contributed by atoms with Gasteiger partial charge in [0.25, 0.3) is 0 Å². The lowest BCUT2D eigenvalue weighted by Gasteiger charge is -2.15. The summed E-state index contributed by atoms with van der Waals surface area (Å²) < 4.78 is 0. The van der Waals surface area contributed by atoms with Gasteiger partial charge in [-0.1, -0.05) is 98.8 Å². The minimum absolute atomic E-state index is 0.393. The highest BCUT2D eigenvalue weighted by Crippen LogP contribution is 2.28. The van der Waals surface area contributed by atoms with Crippen LogP contribution in [0.2, 0.25) is 0 Å². The summed E-state index contributed by atoms with van der Waals surface area (Å²) in [7, 11) is 0. The standard InChI is InChI=1S/C28H27N/c1-21(23-9-5-3-6-10-23)25-13-17-27(18-14-25)29-28-19-15-26(16-20-28)22(2)24-11-7-4-8-12-24/h3-22,29H,1-2H3/t21-,22-/m1/s1. The second-order valence-corrected chi connectivity index (χ2v) is 7.63. The highest BCUT2D eigenvalue weighted by atomic mass is 14.9. The third kappa shape index (κ3) is 4.57. The van der Waals surface area contributed by atoms with E-state index in [1.165, 1.54) is 22.3 Å². The van der Waals surface area contributed by atoms with Crippen LogP contribution in [0.1, 0.15) is 47.9 Å². The van der Waals surface area contributed by atoms with Crippen LogP contribution in [0.5, 0.6) is 0 Å². The van der Waals surface area contributed by atoms with E-state index in [1.807, 2.05) is 0 Å². The molecule has 2 atom stereocenters. The van der Waals surface area contributed by atoms with Crippen LogP contribution in [-0.2, 0) is 0 Å². The van der Waals surface area contributed by atoms with Crippen molar-refractivity contribution in [3.05, 3.63) is 131 Å². The van der Waals surface area contributed by atoms with Gasteiger partial charge in [-0.3, -0.25) is 0 Å². The van der Waals surface area contributed by atoms with Crippen molar-refractivity contribution in [1.29, 1.82) is 0 Å². The van der Waals surface area contributed by atoms with E-state index in [9.17, 15) is 0 Å². The van der Waals surface area contributed by atoms with Crippen LogP contribution >= 0.6 is 0 Å². The van der Waals surface area contributed by atoms with Crippen molar-refractivity contribution in [2.75, 3.05) is 5.32 Å². The predicted octanol–water partition coefficient (Wildman–Crippen LogP) is 7.73. The molecular formula is C28H27N. The molecule has 0 amide bonds. The Kier molecular flexibility index (Phi) is 5.76. The maximum Gasteiger partial charge on any atom is 0.0384 e. The molecule has 1 heteroatoms. The minimum atomic E-state index is 0.393. The van der Waals surface area contributed by atoms with E-state index in [0.29, 0.717) is 11.8 Å². The third-order valence-electron chi connectivity index (χ3n) is 5.71. The van der Waals surface area contributed by atoms with Crippen LogP contribution in [0.25, 0.3) is 0 Å². The van der Waals surface area contributed by atoms with E-state index >= 15 is 0 Å². The summed E-state index contributed by atoms with van der Waals surface area (Å²) >= 11 is 0. The largest absolute Gasteiger partial charge is 0.356 e. The van der Waals surface area contributed by atoms with Gasteiger partial charge in [-0.25, -0.2) is 0 Å². The molecule has 0 fully saturated rings. The zero-order valence-corrected chi connectivity index (χ0v) is 17.0. The lowest BCUT2D eigenvalue weighted by atomic mass is 9.93. The van der Waals surface area contributed by atoms with Crippen molar-refractivity contribution >= 4 is 11.4 Å². The maximum atomic E-state index is 3.52. The molecule has 0 aliphatic carbocycles. The molecule has 0 aliphatic heterocycles. The topological polar surface area (TPSA) is 12.0 Å². The number of hydrogen-bond donors (Lipinski definition) is 1. The Morgan fingerprint density at radius 3 is 1.07 bits per heavy atom. The molecule has 0 aliphatic rings. The third-order valence-corrected chi connectivity index (χ3v) is 5.71. The van der Waals surface area contributed by atoms with Gasteiger partial charge in [0, 0.05) is 23.2 Å². The molecule has 0 saturated carbocycles. The Labute approximate surface area is 174 Å². The van der Waals surface area contributed by atoms with E-state index in [4.69, 9.17) is 0 Å². The second kappa shape index (κ2) is 8.79. The van der Waals surface area contributed by atoms with Crippen molar-refractivity contribution in [3.8, 4) is 0 Å². The van der Waals surface area contributed by atoms with E-state index in [2.05, 4.69) is 128 Å². The first-order chi connectivity index (χ1) is 14.2. The minimum Gasteiger partial charge on any atom is -0.356 e. The number of nitrogens with one attached hydrogen (secondary N) is 1. The predicted molar refractivity (Wildman–Crippen MR) is 124 cm³/mol. The van der Waals surface area contributed by atoms with Crippen LogP contribution in [0, 0.1) is 0 Å². The highest BCUT2D eigenvalue weighted by Gasteiger charge is 2.09. The Morgan fingerprint density at radius 2 is 0.724 bits per heavy atom. The number of rotatable bonds is 6. The molecule has 1 nitrogen and oxygen atoms in total. The highest BCUT2D eigenvalue weighted by molar-refractivity contribution is 5.60. The van der Waals surface area contributed by atoms with E-state index in [-0.39, 0.29) is 0 Å². The molecule has 0 bridgehead atoms. The quantitative estimate of drug-likeness (QED) is 0.362. The van der Waals surface area contributed by atoms with Gasteiger partial charge in [-0.05, 0) is 46.5 Å². The van der Waals surface area contributed by atoms with Gasteiger partial charge >= 0.3 is 0 Å². The van der Waals surface area contributed by atoms with Crippen LogP contribution in [0.3, 0.4) is 0 Å². The van der Waals surface area contributed by atoms with Crippen LogP contribution in [-0.4, -0.2) is 0 Å². The average Bonchev–Trinajstić information content (AvgIpc) is 2.80. The van der Waals surface area contributed by atoms with Crippen molar-refractivity contribution in [1.82, 2.24) is 0 Å². The SMILES string of the molecule is C[C@H](c1ccccc1)c1ccc(Nc2ccc([C@H](C)c3ccccc3)cc2)cc1. The van der Waals surface area contributed by atoms with Gasteiger partial charge < -0.3 is 5.32 Å². The fourth-order valence-corrected chi connectivity index (χ4v) is 3.75. The monoisotopic (exact) mass is 377 g/mol. The Balaban J connectivity index is 1.43. The molecule has 144 valence electrons. The lowest BCUT2D eigenvalue weighted by molar-refractivity contribution is 0.922. The first kappa shape index (κ1) is 19.0. The number of hydrogen-bond acceptors (Lipinski definition) is 1. The number of benzene rings is 4. The number of anilines is 2. The van der Waals surface area contributed by atoms with Crippen molar-refractivity contribution in [3.63, 3.8) is 0 Å². The summed E-state index contributed by atoms with van der Waals surface area (Å²) in [4.78, 5) is 0. The van der Waals surface area contributed by atoms with E-state index in [1.54, 1.807) is 0 Å². The van der Waals surface area contributed by atoms with Crippen LogP contribution in [0.15, 0.2) is 109 Å². The van der Waals surface area contributed by atoms with Gasteiger partial charge in [0.2, 0.25) is 0 Å².